The van der Waals surface area contributed by atoms with Crippen molar-refractivity contribution in [2.45, 2.75) is 19.9 Å². The van der Waals surface area contributed by atoms with Crippen molar-refractivity contribution in [3.63, 3.8) is 0 Å². The fourth-order valence-corrected chi connectivity index (χ4v) is 4.32. The van der Waals surface area contributed by atoms with E-state index in [9.17, 15) is 18.5 Å². The van der Waals surface area contributed by atoms with E-state index in [2.05, 4.69) is 5.32 Å². The molecule has 1 heterocycles. The largest absolute Gasteiger partial charge is 0.312 e. The number of thiophene rings is 1. The van der Waals surface area contributed by atoms with Gasteiger partial charge in [-0.25, -0.2) is 12.7 Å². The Hall–Kier alpha value is -1.81. The molecule has 142 valence electrons. The van der Waals surface area contributed by atoms with E-state index in [1.807, 2.05) is 12.1 Å². The first-order valence-corrected chi connectivity index (χ1v) is 10.7. The Labute approximate surface area is 157 Å². The molecule has 0 bridgehead atoms. The maximum atomic E-state index is 11.7. The van der Waals surface area contributed by atoms with Crippen LogP contribution in [0.15, 0.2) is 36.4 Å². The van der Waals surface area contributed by atoms with E-state index < -0.39 is 10.0 Å². The number of para-hydroxylation sites is 1. The summed E-state index contributed by atoms with van der Waals surface area (Å²) in [7, 11) is -1.53. The lowest BCUT2D eigenvalue weighted by molar-refractivity contribution is -0.384. The molecule has 0 fully saturated rings. The highest BCUT2D eigenvalue weighted by Crippen LogP contribution is 2.34. The van der Waals surface area contributed by atoms with Gasteiger partial charge in [-0.2, -0.15) is 0 Å². The van der Waals surface area contributed by atoms with Gasteiger partial charge in [0.15, 0.2) is 0 Å². The Bertz CT molecular complexity index is 849. The average Bonchev–Trinajstić information content (AvgIpc) is 3.09. The number of sulfonamides is 1. The summed E-state index contributed by atoms with van der Waals surface area (Å²) in [5.41, 5.74) is 0.731. The molecule has 0 aliphatic rings. The summed E-state index contributed by atoms with van der Waals surface area (Å²) in [4.78, 5) is 12.7. The summed E-state index contributed by atoms with van der Waals surface area (Å²) in [5, 5.41) is 14.4. The van der Waals surface area contributed by atoms with E-state index in [1.165, 1.54) is 21.7 Å². The molecule has 0 aliphatic carbocycles. The van der Waals surface area contributed by atoms with Crippen LogP contribution in [-0.4, -0.2) is 43.5 Å². The number of nitro groups is 1. The van der Waals surface area contributed by atoms with Crippen LogP contribution in [0.25, 0.3) is 10.4 Å². The average molecular weight is 398 g/mol. The van der Waals surface area contributed by atoms with Crippen molar-refractivity contribution >= 4 is 27.0 Å². The monoisotopic (exact) mass is 397 g/mol. The SMILES string of the molecule is CCS(=O)(=O)N(C)CCCNCc1ccc(-c2ccccc2[N+](=O)[O-])s1. The van der Waals surface area contributed by atoms with Gasteiger partial charge in [0, 0.05) is 36.0 Å². The molecule has 0 spiro atoms. The van der Waals surface area contributed by atoms with E-state index in [-0.39, 0.29) is 16.4 Å². The zero-order chi connectivity index (χ0) is 19.2. The predicted molar refractivity (Wildman–Crippen MR) is 105 cm³/mol. The van der Waals surface area contributed by atoms with Gasteiger partial charge in [0.05, 0.1) is 16.2 Å². The van der Waals surface area contributed by atoms with Crippen molar-refractivity contribution in [1.82, 2.24) is 9.62 Å². The van der Waals surface area contributed by atoms with Gasteiger partial charge in [0.25, 0.3) is 5.69 Å². The van der Waals surface area contributed by atoms with Crippen molar-refractivity contribution in [3.05, 3.63) is 51.4 Å². The molecule has 2 aromatic rings. The van der Waals surface area contributed by atoms with E-state index >= 15 is 0 Å². The predicted octanol–water partition coefficient (Wildman–Crippen LogP) is 3.08. The first kappa shape index (κ1) is 20.5. The van der Waals surface area contributed by atoms with Crippen molar-refractivity contribution in [2.24, 2.45) is 0 Å². The van der Waals surface area contributed by atoms with Crippen LogP contribution in [0.4, 0.5) is 5.69 Å². The molecule has 9 heteroatoms. The van der Waals surface area contributed by atoms with Crippen LogP contribution in [0.3, 0.4) is 0 Å². The van der Waals surface area contributed by atoms with Gasteiger partial charge in [-0.3, -0.25) is 10.1 Å². The third-order valence-electron chi connectivity index (χ3n) is 3.99. The normalized spacial score (nSPS) is 11.8. The van der Waals surface area contributed by atoms with Gasteiger partial charge in [0.1, 0.15) is 0 Å². The minimum absolute atomic E-state index is 0.106. The van der Waals surface area contributed by atoms with Gasteiger partial charge in [0.2, 0.25) is 10.0 Å². The number of nitro benzene ring substituents is 1. The molecule has 26 heavy (non-hydrogen) atoms. The Morgan fingerprint density at radius 2 is 1.96 bits per heavy atom. The van der Waals surface area contributed by atoms with Crippen LogP contribution in [0.1, 0.15) is 18.2 Å². The van der Waals surface area contributed by atoms with Gasteiger partial charge >= 0.3 is 0 Å². The zero-order valence-corrected chi connectivity index (χ0v) is 16.5. The molecule has 1 aromatic carbocycles. The third-order valence-corrected chi connectivity index (χ3v) is 6.97. The van der Waals surface area contributed by atoms with Crippen LogP contribution in [0, 0.1) is 10.1 Å². The Morgan fingerprint density at radius 1 is 1.23 bits per heavy atom. The van der Waals surface area contributed by atoms with Crippen LogP contribution in [-0.2, 0) is 16.6 Å². The molecule has 0 unspecified atom stereocenters. The fourth-order valence-electron chi connectivity index (χ4n) is 2.46. The maximum Gasteiger partial charge on any atom is 0.278 e. The smallest absolute Gasteiger partial charge is 0.278 e. The zero-order valence-electron chi connectivity index (χ0n) is 14.8. The maximum absolute atomic E-state index is 11.7. The molecule has 1 aromatic heterocycles. The first-order valence-electron chi connectivity index (χ1n) is 8.32. The number of benzene rings is 1. The number of hydrogen-bond acceptors (Lipinski definition) is 6. The molecule has 2 rings (SSSR count). The van der Waals surface area contributed by atoms with Crippen molar-refractivity contribution in [2.75, 3.05) is 25.9 Å². The van der Waals surface area contributed by atoms with Crippen molar-refractivity contribution in [3.8, 4) is 10.4 Å². The fraction of sp³-hybridized carbons (Fsp3) is 0.412. The number of nitrogens with one attached hydrogen (secondary N) is 1. The highest BCUT2D eigenvalue weighted by atomic mass is 32.2. The minimum Gasteiger partial charge on any atom is -0.312 e. The second kappa shape index (κ2) is 9.22. The first-order chi connectivity index (χ1) is 12.3. The van der Waals surface area contributed by atoms with Gasteiger partial charge in [-0.05, 0) is 38.1 Å². The number of hydrogen-bond donors (Lipinski definition) is 1. The van der Waals surface area contributed by atoms with Crippen molar-refractivity contribution in [1.29, 1.82) is 0 Å². The van der Waals surface area contributed by atoms with E-state index in [0.29, 0.717) is 25.2 Å². The summed E-state index contributed by atoms with van der Waals surface area (Å²) < 4.78 is 24.7. The summed E-state index contributed by atoms with van der Waals surface area (Å²) in [6.07, 6.45) is 0.720. The highest BCUT2D eigenvalue weighted by molar-refractivity contribution is 7.89. The third kappa shape index (κ3) is 5.34. The Kier molecular flexibility index (Phi) is 7.27. The van der Waals surface area contributed by atoms with E-state index in [0.717, 1.165) is 16.2 Å². The molecular weight excluding hydrogens is 374 g/mol. The lowest BCUT2D eigenvalue weighted by Crippen LogP contribution is -2.31. The molecule has 0 aliphatic heterocycles. The van der Waals surface area contributed by atoms with E-state index in [4.69, 9.17) is 0 Å². The molecular formula is C17H23N3O4S2. The summed E-state index contributed by atoms with van der Waals surface area (Å²) >= 11 is 1.52. The molecule has 0 saturated heterocycles. The van der Waals surface area contributed by atoms with Crippen LogP contribution < -0.4 is 5.32 Å². The minimum atomic E-state index is -3.12. The summed E-state index contributed by atoms with van der Waals surface area (Å²) in [5.74, 6) is 0.112. The molecule has 0 atom stereocenters. The van der Waals surface area contributed by atoms with Gasteiger partial charge in [-0.15, -0.1) is 11.3 Å². The Morgan fingerprint density at radius 3 is 2.65 bits per heavy atom. The molecule has 0 amide bonds. The highest BCUT2D eigenvalue weighted by Gasteiger charge is 2.16. The van der Waals surface area contributed by atoms with Crippen LogP contribution in [0.5, 0.6) is 0 Å². The molecule has 0 radical (unpaired) electrons. The summed E-state index contributed by atoms with van der Waals surface area (Å²) in [6, 6.07) is 10.6. The second-order valence-corrected chi connectivity index (χ2v) is 9.33. The topological polar surface area (TPSA) is 92.6 Å². The van der Waals surface area contributed by atoms with E-state index in [1.54, 1.807) is 32.2 Å². The molecule has 7 nitrogen and oxygen atoms in total. The quantitative estimate of drug-likeness (QED) is 0.378. The Balaban J connectivity index is 1.86. The molecule has 1 N–H and O–H groups in total. The standard InChI is InChI=1S/C17H23N3O4S2/c1-3-26(23,24)19(2)12-6-11-18-13-14-9-10-17(25-14)15-7-4-5-8-16(15)20(21)22/h4-5,7-10,18H,3,6,11-13H2,1-2H3. The van der Waals surface area contributed by atoms with Gasteiger partial charge < -0.3 is 5.32 Å². The summed E-state index contributed by atoms with van der Waals surface area (Å²) in [6.45, 7) is 3.46. The lowest BCUT2D eigenvalue weighted by Gasteiger charge is -2.15. The lowest BCUT2D eigenvalue weighted by atomic mass is 10.1. The van der Waals surface area contributed by atoms with Crippen molar-refractivity contribution < 1.29 is 13.3 Å². The molecule has 0 saturated carbocycles. The number of rotatable bonds is 10. The van der Waals surface area contributed by atoms with Crippen LogP contribution >= 0.6 is 11.3 Å². The van der Waals surface area contributed by atoms with Gasteiger partial charge in [-0.1, -0.05) is 12.1 Å². The number of nitrogens with zero attached hydrogens (tertiary/aromatic N) is 2. The second-order valence-electron chi connectivity index (χ2n) is 5.79. The van der Waals surface area contributed by atoms with Crippen LogP contribution in [0.2, 0.25) is 0 Å².